The van der Waals surface area contributed by atoms with Crippen molar-refractivity contribution in [1.82, 2.24) is 5.32 Å². The van der Waals surface area contributed by atoms with Crippen molar-refractivity contribution in [2.24, 2.45) is 0 Å². The fourth-order valence-corrected chi connectivity index (χ4v) is 2.92. The van der Waals surface area contributed by atoms with Crippen molar-refractivity contribution >= 4 is 33.4 Å². The molecule has 0 fully saturated rings. The van der Waals surface area contributed by atoms with E-state index in [1.807, 2.05) is 6.92 Å². The summed E-state index contributed by atoms with van der Waals surface area (Å²) >= 11 is 3.43. The van der Waals surface area contributed by atoms with Gasteiger partial charge in [-0.15, -0.1) is 0 Å². The van der Waals surface area contributed by atoms with Crippen LogP contribution in [0, 0.1) is 0 Å². The summed E-state index contributed by atoms with van der Waals surface area (Å²) in [5, 5.41) is 5.70. The SMILES string of the molecule is CCCCNC(=O)c1ccccc1NC(=O)c1ccc(OCCC)c(Br)c1. The van der Waals surface area contributed by atoms with Gasteiger partial charge in [0.15, 0.2) is 0 Å². The van der Waals surface area contributed by atoms with Crippen LogP contribution in [0.3, 0.4) is 0 Å². The quantitative estimate of drug-likeness (QED) is 0.546. The number of unbranched alkanes of at least 4 members (excludes halogenated alkanes) is 1. The minimum absolute atomic E-state index is 0.191. The summed E-state index contributed by atoms with van der Waals surface area (Å²) in [5.41, 5.74) is 1.41. The zero-order valence-corrected chi connectivity index (χ0v) is 17.3. The molecule has 0 heterocycles. The number of carbonyl (C=O) groups excluding carboxylic acids is 2. The number of anilines is 1. The predicted octanol–water partition coefficient (Wildman–Crippen LogP) is 5.02. The molecule has 0 bridgehead atoms. The van der Waals surface area contributed by atoms with Crippen LogP contribution in [0.5, 0.6) is 5.75 Å². The normalized spacial score (nSPS) is 10.3. The molecule has 0 unspecified atom stereocenters. The molecule has 0 aromatic heterocycles. The zero-order chi connectivity index (χ0) is 19.6. The van der Waals surface area contributed by atoms with Gasteiger partial charge in [-0.3, -0.25) is 9.59 Å². The van der Waals surface area contributed by atoms with Crippen LogP contribution in [-0.2, 0) is 0 Å². The average Bonchev–Trinajstić information content (AvgIpc) is 2.67. The monoisotopic (exact) mass is 432 g/mol. The molecule has 2 amide bonds. The molecule has 0 aliphatic rings. The summed E-state index contributed by atoms with van der Waals surface area (Å²) < 4.78 is 6.32. The second-order valence-electron chi connectivity index (χ2n) is 6.10. The molecule has 0 saturated carbocycles. The van der Waals surface area contributed by atoms with Crippen LogP contribution in [-0.4, -0.2) is 25.0 Å². The molecule has 0 atom stereocenters. The number of hydrogen-bond donors (Lipinski definition) is 2. The van der Waals surface area contributed by atoms with E-state index in [9.17, 15) is 9.59 Å². The van der Waals surface area contributed by atoms with Gasteiger partial charge in [0.1, 0.15) is 5.75 Å². The van der Waals surface area contributed by atoms with Crippen LogP contribution in [0.25, 0.3) is 0 Å². The van der Waals surface area contributed by atoms with Crippen molar-refractivity contribution in [3.05, 3.63) is 58.1 Å². The molecule has 2 aromatic carbocycles. The van der Waals surface area contributed by atoms with E-state index in [0.717, 1.165) is 19.3 Å². The molecule has 6 heteroatoms. The Labute approximate surface area is 168 Å². The topological polar surface area (TPSA) is 67.4 Å². The molecule has 2 aromatic rings. The van der Waals surface area contributed by atoms with Crippen LogP contribution in [0.2, 0.25) is 0 Å². The number of amides is 2. The highest BCUT2D eigenvalue weighted by Crippen LogP contribution is 2.27. The van der Waals surface area contributed by atoms with E-state index in [0.29, 0.717) is 40.2 Å². The lowest BCUT2D eigenvalue weighted by Gasteiger charge is -2.12. The molecule has 144 valence electrons. The number of carbonyl (C=O) groups is 2. The first kappa shape index (κ1) is 21.0. The van der Waals surface area contributed by atoms with Crippen LogP contribution >= 0.6 is 15.9 Å². The number of benzene rings is 2. The lowest BCUT2D eigenvalue weighted by atomic mass is 10.1. The molecule has 27 heavy (non-hydrogen) atoms. The van der Waals surface area contributed by atoms with Crippen molar-refractivity contribution in [2.75, 3.05) is 18.5 Å². The van der Waals surface area contributed by atoms with Gasteiger partial charge >= 0.3 is 0 Å². The Morgan fingerprint density at radius 2 is 1.81 bits per heavy atom. The van der Waals surface area contributed by atoms with Crippen molar-refractivity contribution in [2.45, 2.75) is 33.1 Å². The first-order chi connectivity index (χ1) is 13.1. The van der Waals surface area contributed by atoms with E-state index in [1.165, 1.54) is 0 Å². The van der Waals surface area contributed by atoms with Gasteiger partial charge in [-0.25, -0.2) is 0 Å². The number of para-hydroxylation sites is 1. The number of ether oxygens (including phenoxy) is 1. The van der Waals surface area contributed by atoms with E-state index in [-0.39, 0.29) is 11.8 Å². The smallest absolute Gasteiger partial charge is 0.255 e. The molecule has 5 nitrogen and oxygen atoms in total. The van der Waals surface area contributed by atoms with E-state index in [4.69, 9.17) is 4.74 Å². The van der Waals surface area contributed by atoms with Gasteiger partial charge in [-0.1, -0.05) is 32.4 Å². The third-order valence-corrected chi connectivity index (χ3v) is 4.51. The Balaban J connectivity index is 2.12. The Morgan fingerprint density at radius 1 is 1.04 bits per heavy atom. The maximum atomic E-state index is 12.6. The van der Waals surface area contributed by atoms with Crippen LogP contribution in [0.15, 0.2) is 46.9 Å². The summed E-state index contributed by atoms with van der Waals surface area (Å²) in [6.45, 7) is 5.33. The number of rotatable bonds is 9. The molecular formula is C21H25BrN2O3. The van der Waals surface area contributed by atoms with Crippen molar-refractivity contribution in [3.63, 3.8) is 0 Å². The van der Waals surface area contributed by atoms with E-state index in [1.54, 1.807) is 42.5 Å². The van der Waals surface area contributed by atoms with Crippen LogP contribution < -0.4 is 15.4 Å². The Bertz CT molecular complexity index is 793. The first-order valence-electron chi connectivity index (χ1n) is 9.17. The standard InChI is InChI=1S/C21H25BrN2O3/c1-3-5-12-23-21(26)16-8-6-7-9-18(16)24-20(25)15-10-11-19(17(22)14-15)27-13-4-2/h6-11,14H,3-5,12-13H2,1-2H3,(H,23,26)(H,24,25). The molecule has 0 saturated heterocycles. The van der Waals surface area contributed by atoms with Crippen LogP contribution in [0.1, 0.15) is 53.8 Å². The minimum atomic E-state index is -0.286. The fourth-order valence-electron chi connectivity index (χ4n) is 2.43. The number of hydrogen-bond acceptors (Lipinski definition) is 3. The van der Waals surface area contributed by atoms with Gasteiger partial charge in [-0.05, 0) is 59.1 Å². The highest BCUT2D eigenvalue weighted by atomic mass is 79.9. The summed E-state index contributed by atoms with van der Waals surface area (Å²) in [6, 6.07) is 12.2. The molecule has 0 spiro atoms. The maximum absolute atomic E-state index is 12.6. The molecule has 0 radical (unpaired) electrons. The lowest BCUT2D eigenvalue weighted by molar-refractivity contribution is 0.0954. The van der Waals surface area contributed by atoms with Gasteiger partial charge in [0.25, 0.3) is 11.8 Å². The highest BCUT2D eigenvalue weighted by Gasteiger charge is 2.15. The third-order valence-electron chi connectivity index (χ3n) is 3.89. The Kier molecular flexibility index (Phi) is 8.33. The number of nitrogens with one attached hydrogen (secondary N) is 2. The van der Waals surface area contributed by atoms with Crippen molar-refractivity contribution < 1.29 is 14.3 Å². The minimum Gasteiger partial charge on any atom is -0.492 e. The summed E-state index contributed by atoms with van der Waals surface area (Å²) in [6.07, 6.45) is 2.83. The summed E-state index contributed by atoms with van der Waals surface area (Å²) in [4.78, 5) is 25.0. The van der Waals surface area contributed by atoms with Crippen LogP contribution in [0.4, 0.5) is 5.69 Å². The van der Waals surface area contributed by atoms with Gasteiger partial charge in [0, 0.05) is 12.1 Å². The second-order valence-corrected chi connectivity index (χ2v) is 6.96. The van der Waals surface area contributed by atoms with E-state index in [2.05, 4.69) is 33.5 Å². The lowest BCUT2D eigenvalue weighted by Crippen LogP contribution is -2.26. The van der Waals surface area contributed by atoms with Gasteiger partial charge in [0.2, 0.25) is 0 Å². The molecule has 0 aliphatic carbocycles. The number of halogens is 1. The third kappa shape index (κ3) is 6.10. The zero-order valence-electron chi connectivity index (χ0n) is 15.7. The molecule has 0 aliphatic heterocycles. The Hall–Kier alpha value is -2.34. The van der Waals surface area contributed by atoms with Crippen molar-refractivity contribution in [1.29, 1.82) is 0 Å². The molecule has 2 N–H and O–H groups in total. The van der Waals surface area contributed by atoms with Crippen molar-refractivity contribution in [3.8, 4) is 5.75 Å². The van der Waals surface area contributed by atoms with E-state index < -0.39 is 0 Å². The summed E-state index contributed by atoms with van der Waals surface area (Å²) in [7, 11) is 0. The van der Waals surface area contributed by atoms with Gasteiger partial charge in [-0.2, -0.15) is 0 Å². The predicted molar refractivity (Wildman–Crippen MR) is 112 cm³/mol. The largest absolute Gasteiger partial charge is 0.492 e. The highest BCUT2D eigenvalue weighted by molar-refractivity contribution is 9.10. The van der Waals surface area contributed by atoms with E-state index >= 15 is 0 Å². The second kappa shape index (κ2) is 10.7. The fraction of sp³-hybridized carbons (Fsp3) is 0.333. The summed E-state index contributed by atoms with van der Waals surface area (Å²) in [5.74, 6) is 0.222. The molecular weight excluding hydrogens is 408 g/mol. The van der Waals surface area contributed by atoms with Gasteiger partial charge < -0.3 is 15.4 Å². The average molecular weight is 433 g/mol. The van der Waals surface area contributed by atoms with Gasteiger partial charge in [0.05, 0.1) is 22.3 Å². The Morgan fingerprint density at radius 3 is 2.52 bits per heavy atom. The molecule has 2 rings (SSSR count). The first-order valence-corrected chi connectivity index (χ1v) is 9.97. The maximum Gasteiger partial charge on any atom is 0.255 e.